The maximum Gasteiger partial charge on any atom is 0.249 e. The molecule has 3 aromatic rings. The molecule has 8 nitrogen and oxygen atoms in total. The smallest absolute Gasteiger partial charge is 0.249 e. The molecule has 0 saturated carbocycles. The minimum absolute atomic E-state index is 0.00446. The second-order valence-corrected chi connectivity index (χ2v) is 25.0. The average Bonchev–Trinajstić information content (AvgIpc) is 3.45. The molecule has 0 bridgehead atoms. The fourth-order valence-corrected chi connectivity index (χ4v) is 8.13. The number of aliphatic hydroxyl groups excluding tert-OH is 1. The topological polar surface area (TPSA) is 117 Å². The van der Waals surface area contributed by atoms with E-state index in [1.54, 1.807) is 18.2 Å². The van der Waals surface area contributed by atoms with Gasteiger partial charge in [-0.15, -0.1) is 11.3 Å². The lowest BCUT2D eigenvalue weighted by atomic mass is 9.95. The predicted octanol–water partition coefficient (Wildman–Crippen LogP) is 7.01. The molecule has 1 fully saturated rings. The van der Waals surface area contributed by atoms with Gasteiger partial charge in [-0.2, -0.15) is 0 Å². The van der Waals surface area contributed by atoms with Crippen LogP contribution < -0.4 is 5.73 Å². The van der Waals surface area contributed by atoms with Crippen LogP contribution in [0.5, 0.6) is 0 Å². The van der Waals surface area contributed by atoms with Crippen molar-refractivity contribution in [2.45, 2.75) is 102 Å². The number of alkyl halides is 1. The fraction of sp³-hybridized carbons (Fsp3) is 0.581. The van der Waals surface area contributed by atoms with Crippen molar-refractivity contribution in [2.75, 3.05) is 13.2 Å². The number of hydrogen-bond acceptors (Lipinski definition) is 8. The van der Waals surface area contributed by atoms with E-state index in [2.05, 4.69) is 77.7 Å². The number of amides is 1. The van der Waals surface area contributed by atoms with Gasteiger partial charge in [0.2, 0.25) is 5.91 Å². The van der Waals surface area contributed by atoms with Crippen LogP contribution in [0, 0.1) is 0 Å². The molecule has 1 aliphatic heterocycles. The van der Waals surface area contributed by atoms with Gasteiger partial charge in [-0.1, -0.05) is 59.7 Å². The molecule has 1 amide bonds. The van der Waals surface area contributed by atoms with Crippen LogP contribution in [0.1, 0.15) is 63.6 Å². The predicted molar refractivity (Wildman–Crippen MR) is 175 cm³/mol. The van der Waals surface area contributed by atoms with E-state index in [1.165, 1.54) is 17.7 Å². The first-order valence-corrected chi connectivity index (χ1v) is 21.3. The highest BCUT2D eigenvalue weighted by Crippen LogP contribution is 2.50. The zero-order valence-electron chi connectivity index (χ0n) is 26.9. The number of aromatic nitrogens is 2. The van der Waals surface area contributed by atoms with Crippen molar-refractivity contribution in [3.05, 3.63) is 47.1 Å². The van der Waals surface area contributed by atoms with Crippen LogP contribution in [0.2, 0.25) is 36.3 Å². The van der Waals surface area contributed by atoms with E-state index in [9.17, 15) is 9.90 Å². The van der Waals surface area contributed by atoms with Crippen LogP contribution in [0.4, 0.5) is 4.39 Å². The highest BCUT2D eigenvalue weighted by molar-refractivity contribution is 7.17. The number of fused-ring (bicyclic) bond motifs is 1. The lowest BCUT2D eigenvalue weighted by Crippen LogP contribution is -2.58. The van der Waals surface area contributed by atoms with Gasteiger partial charge < -0.3 is 24.4 Å². The third kappa shape index (κ3) is 6.24. The largest absolute Gasteiger partial charge is 0.414 e. The summed E-state index contributed by atoms with van der Waals surface area (Å²) < 4.78 is 37.5. The molecule has 2 aromatic heterocycles. The third-order valence-electron chi connectivity index (χ3n) is 9.57. The second kappa shape index (κ2) is 11.7. The van der Waals surface area contributed by atoms with Gasteiger partial charge in [0.1, 0.15) is 24.1 Å². The van der Waals surface area contributed by atoms with Gasteiger partial charge in [-0.3, -0.25) is 4.79 Å². The molecule has 1 aliphatic rings. The normalized spacial score (nSPS) is 23.7. The van der Waals surface area contributed by atoms with E-state index < -0.39 is 53.1 Å². The summed E-state index contributed by atoms with van der Waals surface area (Å²) in [5.74, 6) is -0.567. The van der Waals surface area contributed by atoms with Crippen LogP contribution in [0.15, 0.2) is 36.0 Å². The Morgan fingerprint density at radius 1 is 1.09 bits per heavy atom. The Bertz CT molecular complexity index is 1490. The zero-order chi connectivity index (χ0) is 32.2. The lowest BCUT2D eigenvalue weighted by molar-refractivity contribution is -0.130. The number of nitrogens with zero attached hydrogens (tertiary/aromatic N) is 2. The van der Waals surface area contributed by atoms with Gasteiger partial charge in [0.05, 0.1) is 29.1 Å². The first-order chi connectivity index (χ1) is 19.8. The summed E-state index contributed by atoms with van der Waals surface area (Å²) in [5.41, 5.74) is 6.74. The van der Waals surface area contributed by atoms with Gasteiger partial charge in [-0.25, -0.2) is 14.4 Å². The SMILES string of the molecule is CC(C)(C)[Si](C)(C)OC[C@@]1(CO)O[C@@H](c2csc3c(-c4ccccc4C(N)=O)ncnc23)[C@H](F)[C@@H]1O[Si](C)(C)C(C)(C)C. The van der Waals surface area contributed by atoms with Gasteiger partial charge in [-0.05, 0) is 47.7 Å². The summed E-state index contributed by atoms with van der Waals surface area (Å²) in [6.07, 6.45) is -2.32. The molecule has 0 radical (unpaired) electrons. The summed E-state index contributed by atoms with van der Waals surface area (Å²) in [4.78, 5) is 21.2. The van der Waals surface area contributed by atoms with Gasteiger partial charge in [0.25, 0.3) is 0 Å². The Labute approximate surface area is 260 Å². The summed E-state index contributed by atoms with van der Waals surface area (Å²) in [5, 5.41) is 12.4. The maximum absolute atomic E-state index is 16.9. The minimum Gasteiger partial charge on any atom is -0.414 e. The molecule has 1 saturated heterocycles. The van der Waals surface area contributed by atoms with Crippen molar-refractivity contribution in [3.63, 3.8) is 0 Å². The molecule has 3 N–H and O–H groups in total. The molecule has 1 aromatic carbocycles. The van der Waals surface area contributed by atoms with Crippen molar-refractivity contribution in [3.8, 4) is 11.3 Å². The number of carbonyl (C=O) groups excluding carboxylic acids is 1. The molecule has 4 rings (SSSR count). The number of ether oxygens (including phenoxy) is 1. The molecule has 12 heteroatoms. The zero-order valence-corrected chi connectivity index (χ0v) is 29.8. The monoisotopic (exact) mass is 647 g/mol. The average molecular weight is 648 g/mol. The van der Waals surface area contributed by atoms with E-state index in [0.29, 0.717) is 32.6 Å². The number of primary amides is 1. The summed E-state index contributed by atoms with van der Waals surface area (Å²) in [6.45, 7) is 20.6. The Morgan fingerprint density at radius 2 is 1.72 bits per heavy atom. The molecule has 0 aliphatic carbocycles. The minimum atomic E-state index is -2.51. The lowest BCUT2D eigenvalue weighted by Gasteiger charge is -2.44. The van der Waals surface area contributed by atoms with Gasteiger partial charge >= 0.3 is 0 Å². The second-order valence-electron chi connectivity index (χ2n) is 14.6. The van der Waals surface area contributed by atoms with Crippen molar-refractivity contribution in [1.82, 2.24) is 9.97 Å². The molecule has 43 heavy (non-hydrogen) atoms. The Balaban J connectivity index is 1.81. The quantitative estimate of drug-likeness (QED) is 0.240. The maximum atomic E-state index is 16.9. The van der Waals surface area contributed by atoms with Gasteiger partial charge in [0, 0.05) is 16.7 Å². The highest BCUT2D eigenvalue weighted by Gasteiger charge is 2.60. The van der Waals surface area contributed by atoms with Crippen LogP contribution in [-0.2, 0) is 13.6 Å². The van der Waals surface area contributed by atoms with Crippen molar-refractivity contribution >= 4 is 44.1 Å². The van der Waals surface area contributed by atoms with Crippen molar-refractivity contribution in [2.24, 2.45) is 5.73 Å². The highest BCUT2D eigenvalue weighted by atomic mass is 32.1. The first kappa shape index (κ1) is 33.8. The van der Waals surface area contributed by atoms with Crippen LogP contribution in [0.25, 0.3) is 21.5 Å². The van der Waals surface area contributed by atoms with Crippen molar-refractivity contribution in [1.29, 1.82) is 0 Å². The molecular weight excluding hydrogens is 602 g/mol. The number of rotatable bonds is 9. The van der Waals surface area contributed by atoms with Crippen LogP contribution >= 0.6 is 11.3 Å². The first-order valence-electron chi connectivity index (χ1n) is 14.6. The number of halogens is 1. The summed E-state index contributed by atoms with van der Waals surface area (Å²) in [6, 6.07) is 6.98. The summed E-state index contributed by atoms with van der Waals surface area (Å²) >= 11 is 1.35. The Hall–Kier alpha value is -2.07. The third-order valence-corrected chi connectivity index (χ3v) is 19.5. The van der Waals surface area contributed by atoms with E-state index >= 15 is 4.39 Å². The number of carbonyl (C=O) groups is 1. The fourth-order valence-electron chi connectivity index (χ4n) is 4.71. The number of nitrogens with two attached hydrogens (primary N) is 1. The number of hydrogen-bond donors (Lipinski definition) is 2. The van der Waals surface area contributed by atoms with Gasteiger partial charge in [0.15, 0.2) is 22.8 Å². The number of thiophene rings is 1. The molecule has 4 atom stereocenters. The van der Waals surface area contributed by atoms with Crippen LogP contribution in [-0.4, -0.2) is 68.7 Å². The molecule has 0 unspecified atom stereocenters. The number of aliphatic hydroxyl groups is 1. The molecular formula is C31H46FN3O5SSi2. The molecule has 3 heterocycles. The van der Waals surface area contributed by atoms with Crippen molar-refractivity contribution < 1.29 is 27.9 Å². The van der Waals surface area contributed by atoms with E-state index in [0.717, 1.165) is 0 Å². The number of benzene rings is 1. The van der Waals surface area contributed by atoms with E-state index in [1.807, 2.05) is 11.4 Å². The van der Waals surface area contributed by atoms with E-state index in [4.69, 9.17) is 19.3 Å². The summed E-state index contributed by atoms with van der Waals surface area (Å²) in [7, 11) is -4.80. The van der Waals surface area contributed by atoms with Crippen LogP contribution in [0.3, 0.4) is 0 Å². The molecule has 236 valence electrons. The Morgan fingerprint density at radius 3 is 2.30 bits per heavy atom. The molecule has 0 spiro atoms. The standard InChI is InChI=1S/C31H46FN3O5SSi2/c1-29(2,3)42(7,8)38-17-31(16-36)27(40-43(9,10)30(4,5)6)22(32)25(39-31)21-15-41-26-23(34-18-35-24(21)26)19-13-11-12-14-20(19)28(33)37/h11-15,18,22,25,27,36H,16-17H2,1-10H3,(H2,33,37)/t22-,25-,27-,31+/m0/s1. The Kier molecular flexibility index (Phi) is 9.20. The van der Waals surface area contributed by atoms with E-state index in [-0.39, 0.29) is 16.7 Å².